The van der Waals surface area contributed by atoms with Crippen molar-refractivity contribution < 1.29 is 24.5 Å². The molecule has 224 valence electrons. The average molecular weight is 579 g/mol. The molecule has 1 aliphatic heterocycles. The van der Waals surface area contributed by atoms with E-state index in [2.05, 4.69) is 10.4 Å². The number of nitrogens with one attached hydrogen (secondary N) is 1. The molecule has 0 aliphatic carbocycles. The lowest BCUT2D eigenvalue weighted by atomic mass is 9.94. The Labute approximate surface area is 243 Å². The van der Waals surface area contributed by atoms with Crippen molar-refractivity contribution in [2.45, 2.75) is 65.7 Å². The smallest absolute Gasteiger partial charge is 0.416 e. The summed E-state index contributed by atoms with van der Waals surface area (Å²) in [5.74, 6) is 0.784. The monoisotopic (exact) mass is 578 g/mol. The largest absolute Gasteiger partial charge is 0.465 e. The Morgan fingerprint density at radius 3 is 2.69 bits per heavy atom. The third-order valence-corrected chi connectivity index (χ3v) is 7.38. The van der Waals surface area contributed by atoms with Crippen LogP contribution in [0.15, 0.2) is 36.8 Å². The minimum absolute atomic E-state index is 0.0624. The van der Waals surface area contributed by atoms with Gasteiger partial charge >= 0.3 is 12.2 Å². The summed E-state index contributed by atoms with van der Waals surface area (Å²) in [6.07, 6.45) is 4.35. The number of fused-ring (bicyclic) bond motifs is 2. The fraction of sp³-hybridized carbons (Fsp3) is 0.483. The number of likely N-dealkylation sites (tertiary alicyclic amines) is 1. The molecule has 4 aromatic rings. The maximum atomic E-state index is 13.7. The zero-order valence-electron chi connectivity index (χ0n) is 24.6. The molecule has 3 N–H and O–H groups in total. The summed E-state index contributed by atoms with van der Waals surface area (Å²) in [7, 11) is 0. The number of carbonyl (C=O) groups excluding carboxylic acids is 1. The van der Waals surface area contributed by atoms with E-state index in [1.165, 1.54) is 9.80 Å². The number of nitrogens with zero attached hydrogens (tertiary/aromatic N) is 7. The molecule has 1 saturated heterocycles. The van der Waals surface area contributed by atoms with E-state index in [1.807, 2.05) is 63.5 Å². The molecule has 42 heavy (non-hydrogen) atoms. The third-order valence-electron chi connectivity index (χ3n) is 7.38. The molecule has 5 heterocycles. The van der Waals surface area contributed by atoms with Gasteiger partial charge in [0.1, 0.15) is 22.9 Å². The van der Waals surface area contributed by atoms with Crippen molar-refractivity contribution >= 4 is 35.1 Å². The standard InChI is InChI=1S/C29H38N8O5/c1-6-19-14-31-37-24(12-23(33-26(19)37)30-13-20-9-11-35(27(39)40)17-22(20)38)36(28(41)42-29(3,4)5)16-21-15-34-10-7-8-18(2)25(34)32-21/h7-8,10,12,14-15,20,22,38H,6,9,11,13,16-17H2,1-5H3,(H,30,33)(H,39,40). The van der Waals surface area contributed by atoms with Gasteiger partial charge in [-0.3, -0.25) is 4.90 Å². The maximum Gasteiger partial charge on any atom is 0.416 e. The van der Waals surface area contributed by atoms with Crippen LogP contribution >= 0.6 is 0 Å². The van der Waals surface area contributed by atoms with E-state index in [9.17, 15) is 19.8 Å². The Balaban J connectivity index is 1.51. The number of pyridine rings is 1. The second-order valence-electron chi connectivity index (χ2n) is 11.7. The summed E-state index contributed by atoms with van der Waals surface area (Å²) >= 11 is 0. The van der Waals surface area contributed by atoms with Gasteiger partial charge in [0.25, 0.3) is 0 Å². The molecule has 0 radical (unpaired) electrons. The number of piperidine rings is 1. The summed E-state index contributed by atoms with van der Waals surface area (Å²) in [5.41, 5.74) is 3.25. The molecular weight excluding hydrogens is 540 g/mol. The van der Waals surface area contributed by atoms with Crippen LogP contribution in [-0.2, 0) is 17.7 Å². The molecule has 1 fully saturated rings. The van der Waals surface area contributed by atoms with Crippen molar-refractivity contribution in [3.63, 3.8) is 0 Å². The fourth-order valence-corrected chi connectivity index (χ4v) is 5.15. The van der Waals surface area contributed by atoms with E-state index in [4.69, 9.17) is 14.7 Å². The number of carboxylic acid groups (broad SMARTS) is 1. The number of amides is 2. The molecule has 0 spiro atoms. The van der Waals surface area contributed by atoms with E-state index in [0.717, 1.165) is 16.8 Å². The van der Waals surface area contributed by atoms with Gasteiger partial charge in [-0.05, 0) is 52.2 Å². The van der Waals surface area contributed by atoms with Crippen LogP contribution in [0, 0.1) is 12.8 Å². The van der Waals surface area contributed by atoms with Crippen molar-refractivity contribution in [2.75, 3.05) is 29.9 Å². The van der Waals surface area contributed by atoms with Crippen molar-refractivity contribution in [3.8, 4) is 0 Å². The second kappa shape index (κ2) is 11.5. The molecule has 4 aromatic heterocycles. The topological polar surface area (TPSA) is 150 Å². The zero-order chi connectivity index (χ0) is 30.2. The van der Waals surface area contributed by atoms with Crippen LogP contribution in [0.1, 0.15) is 50.9 Å². The third kappa shape index (κ3) is 6.10. The number of hydrogen-bond acceptors (Lipinski definition) is 8. The quantitative estimate of drug-likeness (QED) is 0.296. The summed E-state index contributed by atoms with van der Waals surface area (Å²) < 4.78 is 9.39. The number of carbonyl (C=O) groups is 2. The molecule has 0 bridgehead atoms. The maximum absolute atomic E-state index is 13.7. The SMILES string of the molecule is CCc1cnn2c(N(Cc3cn4cccc(C)c4n3)C(=O)OC(C)(C)C)cc(NCC3CCN(C(=O)O)CC3O)nc12. The highest BCUT2D eigenvalue weighted by Crippen LogP contribution is 2.27. The Hall–Kier alpha value is -4.39. The van der Waals surface area contributed by atoms with Gasteiger partial charge in [0.2, 0.25) is 0 Å². The van der Waals surface area contributed by atoms with Crippen LogP contribution in [-0.4, -0.2) is 82.6 Å². The molecule has 5 rings (SSSR count). The van der Waals surface area contributed by atoms with Crippen molar-refractivity contribution in [1.82, 2.24) is 28.9 Å². The summed E-state index contributed by atoms with van der Waals surface area (Å²) in [5, 5.41) is 27.8. The van der Waals surface area contributed by atoms with Gasteiger partial charge in [-0.2, -0.15) is 9.61 Å². The molecular formula is C29H38N8O5. The number of aryl methyl sites for hydroxylation is 2. The van der Waals surface area contributed by atoms with Gasteiger partial charge in [0, 0.05) is 43.0 Å². The van der Waals surface area contributed by atoms with Crippen LogP contribution in [0.3, 0.4) is 0 Å². The highest BCUT2D eigenvalue weighted by molar-refractivity contribution is 5.88. The fourth-order valence-electron chi connectivity index (χ4n) is 5.15. The van der Waals surface area contributed by atoms with Gasteiger partial charge in [-0.15, -0.1) is 0 Å². The van der Waals surface area contributed by atoms with E-state index >= 15 is 0 Å². The first kappa shape index (κ1) is 29.1. The minimum atomic E-state index is -1.03. The molecule has 1 aliphatic rings. The number of imidazole rings is 1. The van der Waals surface area contributed by atoms with Gasteiger partial charge in [-0.1, -0.05) is 13.0 Å². The summed E-state index contributed by atoms with van der Waals surface area (Å²) in [6, 6.07) is 5.67. The van der Waals surface area contributed by atoms with Crippen LogP contribution in [0.5, 0.6) is 0 Å². The van der Waals surface area contributed by atoms with Gasteiger partial charge in [-0.25, -0.2) is 19.6 Å². The first-order chi connectivity index (χ1) is 19.9. The molecule has 13 nitrogen and oxygen atoms in total. The van der Waals surface area contributed by atoms with E-state index < -0.39 is 23.9 Å². The van der Waals surface area contributed by atoms with Crippen LogP contribution in [0.25, 0.3) is 11.3 Å². The zero-order valence-corrected chi connectivity index (χ0v) is 24.6. The first-order valence-corrected chi connectivity index (χ1v) is 14.1. The van der Waals surface area contributed by atoms with Crippen molar-refractivity contribution in [2.24, 2.45) is 5.92 Å². The highest BCUT2D eigenvalue weighted by Gasteiger charge is 2.31. The number of rotatable bonds is 7. The first-order valence-electron chi connectivity index (χ1n) is 14.1. The second-order valence-corrected chi connectivity index (χ2v) is 11.7. The van der Waals surface area contributed by atoms with E-state index in [-0.39, 0.29) is 19.0 Å². The predicted octanol–water partition coefficient (Wildman–Crippen LogP) is 3.96. The summed E-state index contributed by atoms with van der Waals surface area (Å²) in [4.78, 5) is 37.3. The molecule has 13 heteroatoms. The lowest BCUT2D eigenvalue weighted by Crippen LogP contribution is -2.47. The van der Waals surface area contributed by atoms with E-state index in [1.54, 1.807) is 16.8 Å². The Kier molecular flexibility index (Phi) is 7.95. The molecule has 0 saturated carbocycles. The minimum Gasteiger partial charge on any atom is -0.465 e. The van der Waals surface area contributed by atoms with Crippen LogP contribution in [0.2, 0.25) is 0 Å². The Bertz CT molecular complexity index is 1610. The number of aliphatic hydroxyl groups excluding tert-OH is 1. The lowest BCUT2D eigenvalue weighted by molar-refractivity contribution is 0.0294. The molecule has 2 amide bonds. The van der Waals surface area contributed by atoms with Crippen molar-refractivity contribution in [1.29, 1.82) is 0 Å². The van der Waals surface area contributed by atoms with Gasteiger partial charge < -0.3 is 29.6 Å². The van der Waals surface area contributed by atoms with Gasteiger partial charge in [0.05, 0.1) is 31.1 Å². The van der Waals surface area contributed by atoms with Crippen molar-refractivity contribution in [3.05, 3.63) is 53.6 Å². The number of ether oxygens (including phenoxy) is 1. The van der Waals surface area contributed by atoms with Crippen LogP contribution in [0.4, 0.5) is 21.2 Å². The Morgan fingerprint density at radius 2 is 2.02 bits per heavy atom. The van der Waals surface area contributed by atoms with Crippen LogP contribution < -0.4 is 10.2 Å². The lowest BCUT2D eigenvalue weighted by Gasteiger charge is -2.34. The number of hydrogen-bond donors (Lipinski definition) is 3. The average Bonchev–Trinajstić information content (AvgIpc) is 3.54. The number of β-amino-alcohol motifs (C(OH)–C–C–N with tert-alkyl or cyclic N) is 1. The number of aromatic nitrogens is 5. The molecule has 2 unspecified atom stereocenters. The summed E-state index contributed by atoms with van der Waals surface area (Å²) in [6.45, 7) is 10.4. The number of anilines is 2. The molecule has 0 aromatic carbocycles. The Morgan fingerprint density at radius 1 is 1.24 bits per heavy atom. The highest BCUT2D eigenvalue weighted by atomic mass is 16.6. The van der Waals surface area contributed by atoms with Gasteiger partial charge in [0.15, 0.2) is 5.65 Å². The normalized spacial score (nSPS) is 17.5. The number of aliphatic hydroxyl groups is 1. The van der Waals surface area contributed by atoms with E-state index in [0.29, 0.717) is 48.9 Å². The molecule has 2 atom stereocenters. The predicted molar refractivity (Wildman–Crippen MR) is 157 cm³/mol.